The van der Waals surface area contributed by atoms with Crippen molar-refractivity contribution in [2.75, 3.05) is 6.54 Å². The number of nitrogens with one attached hydrogen (secondary N) is 2. The summed E-state index contributed by atoms with van der Waals surface area (Å²) in [6.07, 6.45) is 3.70. The fourth-order valence-corrected chi connectivity index (χ4v) is 2.57. The molecule has 1 fully saturated rings. The van der Waals surface area contributed by atoms with Gasteiger partial charge < -0.3 is 15.1 Å². The molecule has 1 aromatic carbocycles. The Morgan fingerprint density at radius 1 is 1.33 bits per heavy atom. The number of benzene rings is 1. The number of carbonyl (C=O) groups excluding carboxylic acids is 1. The Morgan fingerprint density at radius 2 is 2.14 bits per heavy atom. The van der Waals surface area contributed by atoms with Crippen molar-refractivity contribution in [2.24, 2.45) is 0 Å². The molecular weight excluding hydrogens is 264 g/mol. The number of rotatable bonds is 7. The zero-order valence-electron chi connectivity index (χ0n) is 12.4. The first-order valence-electron chi connectivity index (χ1n) is 7.77. The van der Waals surface area contributed by atoms with Crippen molar-refractivity contribution in [3.8, 4) is 0 Å². The van der Waals surface area contributed by atoms with E-state index >= 15 is 0 Å². The molecule has 0 spiro atoms. The van der Waals surface area contributed by atoms with E-state index in [2.05, 4.69) is 23.6 Å². The molecular formula is C17H22N2O2. The van der Waals surface area contributed by atoms with Crippen molar-refractivity contribution in [2.45, 2.75) is 45.2 Å². The molecule has 1 aliphatic rings. The largest absolute Gasteiger partial charge is 0.461 e. The minimum absolute atomic E-state index is 0.151. The highest BCUT2D eigenvalue weighted by atomic mass is 16.3. The second-order valence-corrected chi connectivity index (χ2v) is 5.62. The lowest BCUT2D eigenvalue weighted by atomic mass is 10.1. The van der Waals surface area contributed by atoms with Crippen molar-refractivity contribution in [3.05, 3.63) is 35.6 Å². The zero-order chi connectivity index (χ0) is 14.7. The van der Waals surface area contributed by atoms with Crippen LogP contribution >= 0.6 is 0 Å². The van der Waals surface area contributed by atoms with Crippen LogP contribution in [0.5, 0.6) is 0 Å². The Morgan fingerprint density at radius 3 is 2.90 bits per heavy atom. The maximum atomic E-state index is 11.6. The normalized spacial score (nSPS) is 14.5. The molecule has 1 heterocycles. The van der Waals surface area contributed by atoms with E-state index in [1.807, 2.05) is 18.2 Å². The molecule has 0 aliphatic heterocycles. The third kappa shape index (κ3) is 3.45. The summed E-state index contributed by atoms with van der Waals surface area (Å²) < 4.78 is 5.87. The van der Waals surface area contributed by atoms with E-state index in [0.29, 0.717) is 19.0 Å². The molecule has 1 aromatic heterocycles. The standard InChI is InChI=1S/C17H22N2O2/c1-2-15-14(13-5-3-4-6-16(13)21-15)11-18-10-9-17(20)19-12-7-8-12/h3-6,12,18H,2,7-11H2,1H3,(H,19,20). The summed E-state index contributed by atoms with van der Waals surface area (Å²) >= 11 is 0. The van der Waals surface area contributed by atoms with E-state index < -0.39 is 0 Å². The molecule has 0 atom stereocenters. The lowest BCUT2D eigenvalue weighted by Crippen LogP contribution is -2.29. The summed E-state index contributed by atoms with van der Waals surface area (Å²) in [5.74, 6) is 1.18. The Balaban J connectivity index is 1.55. The van der Waals surface area contributed by atoms with E-state index in [1.54, 1.807) is 0 Å². The van der Waals surface area contributed by atoms with Gasteiger partial charge in [0.05, 0.1) is 0 Å². The fourth-order valence-electron chi connectivity index (χ4n) is 2.57. The summed E-state index contributed by atoms with van der Waals surface area (Å²) in [4.78, 5) is 11.6. The van der Waals surface area contributed by atoms with Gasteiger partial charge in [0.15, 0.2) is 0 Å². The van der Waals surface area contributed by atoms with Crippen LogP contribution in [-0.2, 0) is 17.8 Å². The molecule has 0 saturated heterocycles. The number of hydrogen-bond acceptors (Lipinski definition) is 3. The highest BCUT2D eigenvalue weighted by molar-refractivity contribution is 5.82. The summed E-state index contributed by atoms with van der Waals surface area (Å²) in [7, 11) is 0. The van der Waals surface area contributed by atoms with Crippen LogP contribution in [0.25, 0.3) is 11.0 Å². The molecule has 2 N–H and O–H groups in total. The van der Waals surface area contributed by atoms with Crippen molar-refractivity contribution in [1.29, 1.82) is 0 Å². The summed E-state index contributed by atoms with van der Waals surface area (Å²) in [5.41, 5.74) is 2.16. The number of hydrogen-bond donors (Lipinski definition) is 2. The third-order valence-electron chi connectivity index (χ3n) is 3.88. The zero-order valence-corrected chi connectivity index (χ0v) is 12.4. The summed E-state index contributed by atoms with van der Waals surface area (Å²) in [6.45, 7) is 3.54. The summed E-state index contributed by atoms with van der Waals surface area (Å²) in [6, 6.07) is 8.56. The van der Waals surface area contributed by atoms with Crippen LogP contribution < -0.4 is 10.6 Å². The highest BCUT2D eigenvalue weighted by Gasteiger charge is 2.22. The van der Waals surface area contributed by atoms with E-state index in [-0.39, 0.29) is 5.91 Å². The Hall–Kier alpha value is -1.81. The van der Waals surface area contributed by atoms with Crippen LogP contribution in [-0.4, -0.2) is 18.5 Å². The lowest BCUT2D eigenvalue weighted by molar-refractivity contribution is -0.121. The first kappa shape index (κ1) is 14.1. The number of carbonyl (C=O) groups is 1. The predicted molar refractivity (Wildman–Crippen MR) is 83.1 cm³/mol. The van der Waals surface area contributed by atoms with E-state index in [4.69, 9.17) is 4.42 Å². The van der Waals surface area contributed by atoms with Crippen LogP contribution in [0.3, 0.4) is 0 Å². The van der Waals surface area contributed by atoms with Gasteiger partial charge in [0, 0.05) is 42.9 Å². The smallest absolute Gasteiger partial charge is 0.221 e. The number of aryl methyl sites for hydroxylation is 1. The van der Waals surface area contributed by atoms with Crippen molar-refractivity contribution < 1.29 is 9.21 Å². The first-order valence-corrected chi connectivity index (χ1v) is 7.77. The minimum Gasteiger partial charge on any atom is -0.461 e. The third-order valence-corrected chi connectivity index (χ3v) is 3.88. The number of para-hydroxylation sites is 1. The number of amides is 1. The van der Waals surface area contributed by atoms with Gasteiger partial charge in [0.2, 0.25) is 5.91 Å². The van der Waals surface area contributed by atoms with Crippen LogP contribution in [0.4, 0.5) is 0 Å². The maximum Gasteiger partial charge on any atom is 0.221 e. The number of furan rings is 1. The maximum absolute atomic E-state index is 11.6. The van der Waals surface area contributed by atoms with Crippen molar-refractivity contribution in [1.82, 2.24) is 10.6 Å². The van der Waals surface area contributed by atoms with E-state index in [1.165, 1.54) is 10.9 Å². The second-order valence-electron chi connectivity index (χ2n) is 5.62. The molecule has 1 saturated carbocycles. The Bertz CT molecular complexity index is 629. The molecule has 1 aliphatic carbocycles. The van der Waals surface area contributed by atoms with Gasteiger partial charge in [-0.15, -0.1) is 0 Å². The lowest BCUT2D eigenvalue weighted by Gasteiger charge is -2.06. The Kier molecular flexibility index (Phi) is 4.25. The SMILES string of the molecule is CCc1oc2ccccc2c1CNCCC(=O)NC1CC1. The highest BCUT2D eigenvalue weighted by Crippen LogP contribution is 2.26. The molecule has 3 rings (SSSR count). The van der Waals surface area contributed by atoms with Crippen LogP contribution in [0.15, 0.2) is 28.7 Å². The summed E-state index contributed by atoms with van der Waals surface area (Å²) in [5, 5.41) is 7.53. The average molecular weight is 286 g/mol. The van der Waals surface area contributed by atoms with Gasteiger partial charge in [-0.1, -0.05) is 25.1 Å². The van der Waals surface area contributed by atoms with Gasteiger partial charge in [-0.2, -0.15) is 0 Å². The van der Waals surface area contributed by atoms with Gasteiger partial charge in [-0.25, -0.2) is 0 Å². The van der Waals surface area contributed by atoms with Crippen molar-refractivity contribution >= 4 is 16.9 Å². The van der Waals surface area contributed by atoms with E-state index in [0.717, 1.165) is 37.2 Å². The quantitative estimate of drug-likeness (QED) is 0.770. The number of fused-ring (bicyclic) bond motifs is 1. The molecule has 4 heteroatoms. The molecule has 0 unspecified atom stereocenters. The van der Waals surface area contributed by atoms with Gasteiger partial charge in [-0.05, 0) is 18.9 Å². The van der Waals surface area contributed by atoms with E-state index in [9.17, 15) is 4.79 Å². The average Bonchev–Trinajstić information content (AvgIpc) is 3.23. The Labute approximate surface area is 124 Å². The fraction of sp³-hybridized carbons (Fsp3) is 0.471. The molecule has 21 heavy (non-hydrogen) atoms. The molecule has 1 amide bonds. The second kappa shape index (κ2) is 6.31. The predicted octanol–water partition coefficient (Wildman–Crippen LogP) is 2.75. The van der Waals surface area contributed by atoms with Crippen LogP contribution in [0.1, 0.15) is 37.5 Å². The van der Waals surface area contributed by atoms with Gasteiger partial charge >= 0.3 is 0 Å². The topological polar surface area (TPSA) is 54.3 Å². The molecule has 4 nitrogen and oxygen atoms in total. The van der Waals surface area contributed by atoms with Gasteiger partial charge in [0.1, 0.15) is 11.3 Å². The van der Waals surface area contributed by atoms with Gasteiger partial charge in [0.25, 0.3) is 0 Å². The first-order chi connectivity index (χ1) is 10.3. The van der Waals surface area contributed by atoms with Gasteiger partial charge in [-0.3, -0.25) is 4.79 Å². The minimum atomic E-state index is 0.151. The van der Waals surface area contributed by atoms with Crippen LogP contribution in [0, 0.1) is 0 Å². The van der Waals surface area contributed by atoms with Crippen LogP contribution in [0.2, 0.25) is 0 Å². The van der Waals surface area contributed by atoms with Crippen molar-refractivity contribution in [3.63, 3.8) is 0 Å². The molecule has 0 radical (unpaired) electrons. The molecule has 0 bridgehead atoms. The monoisotopic (exact) mass is 286 g/mol. The molecule has 112 valence electrons. The molecule has 2 aromatic rings.